The van der Waals surface area contributed by atoms with E-state index >= 15 is 0 Å². The number of Topliss-reactive ketones (excluding diaryl/α,β-unsaturated/α-hetero) is 2. The van der Waals surface area contributed by atoms with Crippen LogP contribution in [0.2, 0.25) is 0 Å². The average Bonchev–Trinajstić information content (AvgIpc) is 2.66. The molecule has 4 rings (SSSR count). The lowest BCUT2D eigenvalue weighted by atomic mass is 9.71. The molecule has 3 aliphatic rings. The molecule has 0 spiro atoms. The maximum absolute atomic E-state index is 12.9. The molecule has 0 atom stereocenters. The van der Waals surface area contributed by atoms with Crippen LogP contribution in [-0.2, 0) is 9.59 Å². The second-order valence-corrected chi connectivity index (χ2v) is 7.99. The summed E-state index contributed by atoms with van der Waals surface area (Å²) in [6.07, 6.45) is 4.45. The van der Waals surface area contributed by atoms with E-state index in [0.29, 0.717) is 24.3 Å². The van der Waals surface area contributed by atoms with Gasteiger partial charge >= 0.3 is 0 Å². The lowest BCUT2D eigenvalue weighted by molar-refractivity contribution is -0.116. The Morgan fingerprint density at radius 3 is 2.04 bits per heavy atom. The number of hydrogen-bond acceptors (Lipinski definition) is 5. The van der Waals surface area contributed by atoms with Crippen molar-refractivity contribution in [3.8, 4) is 11.5 Å². The summed E-state index contributed by atoms with van der Waals surface area (Å²) >= 11 is 3.55. The molecule has 0 aromatic heterocycles. The van der Waals surface area contributed by atoms with Gasteiger partial charge in [0.1, 0.15) is 0 Å². The zero-order valence-corrected chi connectivity index (χ0v) is 17.1. The van der Waals surface area contributed by atoms with E-state index in [1.807, 2.05) is 12.1 Å². The molecule has 142 valence electrons. The molecule has 0 fully saturated rings. The summed E-state index contributed by atoms with van der Waals surface area (Å²) in [5.41, 5.74) is 4.33. The van der Waals surface area contributed by atoms with Crippen molar-refractivity contribution in [2.45, 2.75) is 44.4 Å². The first-order valence-electron chi connectivity index (χ1n) is 9.26. The fraction of sp³-hybridized carbons (Fsp3) is 0.429. The second-order valence-electron chi connectivity index (χ2n) is 7.13. The number of carbonyl (C=O) groups excluding carboxylic acids is 2. The number of rotatable bonds is 3. The van der Waals surface area contributed by atoms with Crippen molar-refractivity contribution in [1.82, 2.24) is 5.32 Å². The Bertz CT molecular complexity index is 858. The topological polar surface area (TPSA) is 64.6 Å². The van der Waals surface area contributed by atoms with Crippen LogP contribution in [0.3, 0.4) is 0 Å². The van der Waals surface area contributed by atoms with Crippen molar-refractivity contribution >= 4 is 27.5 Å². The van der Waals surface area contributed by atoms with Crippen LogP contribution in [0.5, 0.6) is 11.5 Å². The van der Waals surface area contributed by atoms with Crippen LogP contribution in [-0.4, -0.2) is 25.8 Å². The summed E-state index contributed by atoms with van der Waals surface area (Å²) in [5, 5.41) is 3.43. The molecule has 1 heterocycles. The molecule has 1 aromatic rings. The molecule has 1 N–H and O–H groups in total. The normalized spacial score (nSPS) is 20.3. The van der Waals surface area contributed by atoms with Crippen LogP contribution in [0.15, 0.2) is 39.1 Å². The van der Waals surface area contributed by atoms with Crippen molar-refractivity contribution < 1.29 is 19.1 Å². The molecule has 0 amide bonds. The van der Waals surface area contributed by atoms with E-state index in [9.17, 15) is 9.59 Å². The van der Waals surface area contributed by atoms with E-state index in [0.717, 1.165) is 58.3 Å². The Morgan fingerprint density at radius 2 is 1.52 bits per heavy atom. The smallest absolute Gasteiger partial charge is 0.174 e. The number of dihydropyridines is 1. The van der Waals surface area contributed by atoms with Gasteiger partial charge in [-0.15, -0.1) is 0 Å². The molecule has 0 unspecified atom stereocenters. The number of nitrogens with one attached hydrogen (secondary N) is 1. The number of hydrogen-bond donors (Lipinski definition) is 1. The maximum Gasteiger partial charge on any atom is 0.174 e. The van der Waals surface area contributed by atoms with Crippen molar-refractivity contribution in [2.75, 3.05) is 14.2 Å². The van der Waals surface area contributed by atoms with Crippen LogP contribution >= 0.6 is 15.9 Å². The number of methoxy groups -OCH3 is 2. The predicted molar refractivity (Wildman–Crippen MR) is 105 cm³/mol. The molecule has 6 heteroatoms. The molecule has 1 aliphatic heterocycles. The zero-order valence-electron chi connectivity index (χ0n) is 15.5. The number of ketones is 2. The summed E-state index contributed by atoms with van der Waals surface area (Å²) in [6.45, 7) is 0. The third-order valence-corrected chi connectivity index (χ3v) is 6.17. The predicted octanol–water partition coefficient (Wildman–Crippen LogP) is 4.17. The first-order chi connectivity index (χ1) is 13.0. The molecule has 0 saturated heterocycles. The van der Waals surface area contributed by atoms with Gasteiger partial charge in [-0.25, -0.2) is 0 Å². The third-order valence-electron chi connectivity index (χ3n) is 5.58. The zero-order chi connectivity index (χ0) is 19.1. The van der Waals surface area contributed by atoms with Gasteiger partial charge in [0.15, 0.2) is 23.1 Å². The Kier molecular flexibility index (Phi) is 4.84. The standard InChI is InChI=1S/C21H22BrNO4/c1-26-17-10-11(9-12(22)21(17)27-2)18-19-13(5-3-7-15(19)24)23-14-6-4-8-16(25)20(14)18/h9-10,18,23H,3-8H2,1-2H3. The van der Waals surface area contributed by atoms with Crippen LogP contribution < -0.4 is 14.8 Å². The van der Waals surface area contributed by atoms with E-state index in [1.54, 1.807) is 14.2 Å². The third kappa shape index (κ3) is 3.00. The highest BCUT2D eigenvalue weighted by Crippen LogP contribution is 2.48. The Balaban J connectivity index is 1.93. The summed E-state index contributed by atoms with van der Waals surface area (Å²) in [6, 6.07) is 3.83. The number of carbonyl (C=O) groups is 2. The highest BCUT2D eigenvalue weighted by molar-refractivity contribution is 9.10. The van der Waals surface area contributed by atoms with Crippen molar-refractivity contribution in [2.24, 2.45) is 0 Å². The highest BCUT2D eigenvalue weighted by Gasteiger charge is 2.40. The van der Waals surface area contributed by atoms with Crippen LogP contribution in [0.25, 0.3) is 0 Å². The van der Waals surface area contributed by atoms with E-state index in [-0.39, 0.29) is 17.5 Å². The molecule has 5 nitrogen and oxygen atoms in total. The molecule has 1 aromatic carbocycles. The van der Waals surface area contributed by atoms with E-state index < -0.39 is 0 Å². The minimum Gasteiger partial charge on any atom is -0.493 e. The van der Waals surface area contributed by atoms with Gasteiger partial charge in [-0.05, 0) is 59.3 Å². The van der Waals surface area contributed by atoms with Crippen LogP contribution in [0.1, 0.15) is 50.0 Å². The quantitative estimate of drug-likeness (QED) is 0.777. The highest BCUT2D eigenvalue weighted by atomic mass is 79.9. The fourth-order valence-electron chi connectivity index (χ4n) is 4.42. The van der Waals surface area contributed by atoms with Gasteiger partial charge in [-0.1, -0.05) is 0 Å². The molecule has 27 heavy (non-hydrogen) atoms. The monoisotopic (exact) mass is 431 g/mol. The molecular weight excluding hydrogens is 410 g/mol. The van der Waals surface area contributed by atoms with Gasteiger partial charge in [0, 0.05) is 41.3 Å². The first-order valence-corrected chi connectivity index (χ1v) is 10.0. The Hall–Kier alpha value is -2.08. The van der Waals surface area contributed by atoms with E-state index in [1.165, 1.54) is 0 Å². The van der Waals surface area contributed by atoms with Crippen molar-refractivity contribution in [3.63, 3.8) is 0 Å². The second kappa shape index (κ2) is 7.15. The lowest BCUT2D eigenvalue weighted by Crippen LogP contribution is -2.36. The molecule has 0 radical (unpaired) electrons. The summed E-state index contributed by atoms with van der Waals surface area (Å²) in [5.74, 6) is 1.10. The minimum atomic E-state index is -0.340. The molecule has 2 aliphatic carbocycles. The SMILES string of the molecule is COc1cc(C2C3=C(CCCC3=O)NC3=C2C(=O)CCC3)cc(Br)c1OC. The van der Waals surface area contributed by atoms with Gasteiger partial charge in [0.05, 0.1) is 18.7 Å². The minimum absolute atomic E-state index is 0.129. The Labute approximate surface area is 166 Å². The Morgan fingerprint density at radius 1 is 0.926 bits per heavy atom. The van der Waals surface area contributed by atoms with Gasteiger partial charge in [0.25, 0.3) is 0 Å². The van der Waals surface area contributed by atoms with Gasteiger partial charge < -0.3 is 14.8 Å². The average molecular weight is 432 g/mol. The molecular formula is C21H22BrNO4. The van der Waals surface area contributed by atoms with E-state index in [2.05, 4.69) is 21.2 Å². The molecule has 0 saturated carbocycles. The van der Waals surface area contributed by atoms with Gasteiger partial charge in [0.2, 0.25) is 0 Å². The number of benzene rings is 1. The summed E-state index contributed by atoms with van der Waals surface area (Å²) in [4.78, 5) is 25.7. The fourth-order valence-corrected chi connectivity index (χ4v) is 5.04. The molecule has 0 bridgehead atoms. The van der Waals surface area contributed by atoms with Crippen molar-refractivity contribution in [3.05, 3.63) is 44.7 Å². The van der Waals surface area contributed by atoms with E-state index in [4.69, 9.17) is 9.47 Å². The lowest BCUT2D eigenvalue weighted by Gasteiger charge is -2.37. The summed E-state index contributed by atoms with van der Waals surface area (Å²) < 4.78 is 11.7. The van der Waals surface area contributed by atoms with Crippen LogP contribution in [0, 0.1) is 0 Å². The largest absolute Gasteiger partial charge is 0.493 e. The number of halogens is 1. The van der Waals surface area contributed by atoms with Gasteiger partial charge in [-0.3, -0.25) is 9.59 Å². The number of ether oxygens (including phenoxy) is 2. The number of allylic oxidation sites excluding steroid dienone is 4. The summed E-state index contributed by atoms with van der Waals surface area (Å²) in [7, 11) is 3.17. The first kappa shape index (κ1) is 18.3. The van der Waals surface area contributed by atoms with Gasteiger partial charge in [-0.2, -0.15) is 0 Å². The maximum atomic E-state index is 12.9. The van der Waals surface area contributed by atoms with Crippen LogP contribution in [0.4, 0.5) is 0 Å². The van der Waals surface area contributed by atoms with Crippen molar-refractivity contribution in [1.29, 1.82) is 0 Å².